The molecule has 0 radical (unpaired) electrons. The van der Waals surface area contributed by atoms with Gasteiger partial charge in [-0.15, -0.1) is 36.2 Å². The van der Waals surface area contributed by atoms with Gasteiger partial charge in [-0.1, -0.05) is 37.3 Å². The Bertz CT molecular complexity index is 534. The number of carbonyl (C=O) groups is 1. The van der Waals surface area contributed by atoms with Crippen LogP contribution in [0.2, 0.25) is 0 Å². The fourth-order valence-electron chi connectivity index (χ4n) is 1.62. The first-order valence-corrected chi connectivity index (χ1v) is 7.19. The highest BCUT2D eigenvalue weighted by molar-refractivity contribution is 7.13. The maximum atomic E-state index is 11.9. The van der Waals surface area contributed by atoms with Crippen LogP contribution in [0.25, 0.3) is 10.6 Å². The second kappa shape index (κ2) is 10.6. The van der Waals surface area contributed by atoms with Gasteiger partial charge in [-0.3, -0.25) is 4.79 Å². The Hall–Kier alpha value is -1.14. The van der Waals surface area contributed by atoms with Crippen LogP contribution < -0.4 is 10.6 Å². The van der Waals surface area contributed by atoms with Gasteiger partial charge in [0, 0.05) is 24.0 Å². The second-order valence-electron chi connectivity index (χ2n) is 4.01. The van der Waals surface area contributed by atoms with E-state index >= 15 is 0 Å². The van der Waals surface area contributed by atoms with Crippen molar-refractivity contribution in [2.45, 2.75) is 6.92 Å². The topological polar surface area (TPSA) is 54.0 Å². The molecule has 4 nitrogen and oxygen atoms in total. The van der Waals surface area contributed by atoms with E-state index in [1.807, 2.05) is 37.3 Å². The Morgan fingerprint density at radius 3 is 2.57 bits per heavy atom. The number of hydrogen-bond acceptors (Lipinski definition) is 4. The number of amides is 1. The molecule has 116 valence electrons. The van der Waals surface area contributed by atoms with E-state index in [1.54, 1.807) is 5.38 Å². The van der Waals surface area contributed by atoms with E-state index in [1.165, 1.54) is 11.3 Å². The zero-order valence-corrected chi connectivity index (χ0v) is 14.1. The molecule has 0 aliphatic heterocycles. The van der Waals surface area contributed by atoms with Crippen LogP contribution in [-0.2, 0) is 0 Å². The summed E-state index contributed by atoms with van der Waals surface area (Å²) in [7, 11) is 0. The molecule has 1 heterocycles. The molecule has 0 saturated heterocycles. The van der Waals surface area contributed by atoms with E-state index in [0.717, 1.165) is 23.7 Å². The van der Waals surface area contributed by atoms with Crippen LogP contribution in [0.3, 0.4) is 0 Å². The summed E-state index contributed by atoms with van der Waals surface area (Å²) in [6.07, 6.45) is 0. The van der Waals surface area contributed by atoms with E-state index in [9.17, 15) is 4.79 Å². The predicted molar refractivity (Wildman–Crippen MR) is 92.9 cm³/mol. The van der Waals surface area contributed by atoms with Crippen LogP contribution in [-0.4, -0.2) is 30.5 Å². The summed E-state index contributed by atoms with van der Waals surface area (Å²) in [6, 6.07) is 9.88. The van der Waals surface area contributed by atoms with Gasteiger partial charge in [0.15, 0.2) is 0 Å². The number of benzene rings is 1. The minimum absolute atomic E-state index is 0. The van der Waals surface area contributed by atoms with Gasteiger partial charge in [-0.25, -0.2) is 4.98 Å². The van der Waals surface area contributed by atoms with Gasteiger partial charge in [0.05, 0.1) is 0 Å². The highest BCUT2D eigenvalue weighted by Crippen LogP contribution is 2.22. The van der Waals surface area contributed by atoms with Crippen LogP contribution in [0, 0.1) is 0 Å². The monoisotopic (exact) mass is 347 g/mol. The average Bonchev–Trinajstić information content (AvgIpc) is 2.94. The fourth-order valence-corrected chi connectivity index (χ4v) is 2.43. The molecule has 1 amide bonds. The third kappa shape index (κ3) is 6.01. The highest BCUT2D eigenvalue weighted by Gasteiger charge is 2.10. The number of aromatic nitrogens is 1. The first-order valence-electron chi connectivity index (χ1n) is 6.31. The number of nitrogens with one attached hydrogen (secondary N) is 2. The summed E-state index contributed by atoms with van der Waals surface area (Å²) in [5.74, 6) is -0.115. The van der Waals surface area contributed by atoms with Gasteiger partial charge in [-0.2, -0.15) is 0 Å². The molecule has 2 rings (SSSR count). The quantitative estimate of drug-likeness (QED) is 0.789. The van der Waals surface area contributed by atoms with E-state index in [-0.39, 0.29) is 30.7 Å². The van der Waals surface area contributed by atoms with Crippen LogP contribution >= 0.6 is 36.2 Å². The zero-order chi connectivity index (χ0) is 13.5. The summed E-state index contributed by atoms with van der Waals surface area (Å²) >= 11 is 1.49. The van der Waals surface area contributed by atoms with Crippen molar-refractivity contribution >= 4 is 42.1 Å². The third-order valence-electron chi connectivity index (χ3n) is 2.59. The lowest BCUT2D eigenvalue weighted by atomic mass is 10.2. The first-order chi connectivity index (χ1) is 9.31. The van der Waals surface area contributed by atoms with Crippen LogP contribution in [0.4, 0.5) is 0 Å². The average molecular weight is 348 g/mol. The zero-order valence-electron chi connectivity index (χ0n) is 11.7. The van der Waals surface area contributed by atoms with Crippen molar-refractivity contribution in [3.63, 3.8) is 0 Å². The van der Waals surface area contributed by atoms with Gasteiger partial charge in [0.2, 0.25) is 0 Å². The normalized spacial score (nSPS) is 9.38. The lowest BCUT2D eigenvalue weighted by molar-refractivity contribution is 0.0950. The number of thiazole rings is 1. The molecule has 1 aromatic heterocycles. The molecule has 21 heavy (non-hydrogen) atoms. The summed E-state index contributed by atoms with van der Waals surface area (Å²) in [4.78, 5) is 16.2. The Labute approximate surface area is 141 Å². The van der Waals surface area contributed by atoms with Crippen LogP contribution in [0.1, 0.15) is 17.4 Å². The molecular weight excluding hydrogens is 329 g/mol. The fraction of sp³-hybridized carbons (Fsp3) is 0.286. The molecule has 7 heteroatoms. The maximum absolute atomic E-state index is 11.9. The van der Waals surface area contributed by atoms with Crippen molar-refractivity contribution in [3.05, 3.63) is 41.4 Å². The number of carbonyl (C=O) groups excluding carboxylic acids is 1. The number of halogens is 2. The Balaban J connectivity index is 0.00000200. The van der Waals surface area contributed by atoms with Gasteiger partial charge in [-0.05, 0) is 6.54 Å². The largest absolute Gasteiger partial charge is 0.349 e. The maximum Gasteiger partial charge on any atom is 0.270 e. The van der Waals surface area contributed by atoms with E-state index in [0.29, 0.717) is 12.2 Å². The minimum Gasteiger partial charge on any atom is -0.349 e. The number of rotatable bonds is 6. The Kier molecular flexibility index (Phi) is 9.99. The second-order valence-corrected chi connectivity index (χ2v) is 4.87. The molecule has 0 atom stereocenters. The molecule has 1 aromatic carbocycles. The molecule has 2 N–H and O–H groups in total. The number of nitrogens with zero attached hydrogens (tertiary/aromatic N) is 1. The molecular formula is C14H19Cl2N3OS. The first kappa shape index (κ1) is 19.9. The van der Waals surface area contributed by atoms with Gasteiger partial charge in [0.25, 0.3) is 5.91 Å². The molecule has 0 unspecified atom stereocenters. The number of hydrogen-bond donors (Lipinski definition) is 2. The predicted octanol–water partition coefficient (Wildman–Crippen LogP) is 2.99. The van der Waals surface area contributed by atoms with E-state index in [2.05, 4.69) is 15.6 Å². The Morgan fingerprint density at radius 2 is 1.90 bits per heavy atom. The van der Waals surface area contributed by atoms with Crippen LogP contribution in [0.15, 0.2) is 35.7 Å². The summed E-state index contributed by atoms with van der Waals surface area (Å²) in [6.45, 7) is 4.34. The van der Waals surface area contributed by atoms with Crippen molar-refractivity contribution in [1.82, 2.24) is 15.6 Å². The third-order valence-corrected chi connectivity index (χ3v) is 3.49. The smallest absolute Gasteiger partial charge is 0.270 e. The van der Waals surface area contributed by atoms with E-state index in [4.69, 9.17) is 0 Å². The Morgan fingerprint density at radius 1 is 1.19 bits per heavy atom. The van der Waals surface area contributed by atoms with Crippen molar-refractivity contribution in [2.75, 3.05) is 19.6 Å². The van der Waals surface area contributed by atoms with Gasteiger partial charge in [0.1, 0.15) is 10.7 Å². The van der Waals surface area contributed by atoms with Crippen molar-refractivity contribution in [2.24, 2.45) is 0 Å². The molecule has 0 fully saturated rings. The van der Waals surface area contributed by atoms with Gasteiger partial charge < -0.3 is 10.6 Å². The minimum atomic E-state index is -0.115. The summed E-state index contributed by atoms with van der Waals surface area (Å²) < 4.78 is 0. The van der Waals surface area contributed by atoms with E-state index < -0.39 is 0 Å². The lowest BCUT2D eigenvalue weighted by Crippen LogP contribution is -2.31. The standard InChI is InChI=1S/C14H17N3OS.2ClH/c1-2-15-8-9-16-13(18)12-10-19-14(17-12)11-6-4-3-5-7-11;;/h3-7,10,15H,2,8-9H2,1H3,(H,16,18);2*1H. The molecule has 2 aromatic rings. The van der Waals surface area contributed by atoms with Gasteiger partial charge >= 0.3 is 0 Å². The van der Waals surface area contributed by atoms with Crippen LogP contribution in [0.5, 0.6) is 0 Å². The SMILES string of the molecule is CCNCCNC(=O)c1csc(-c2ccccc2)n1.Cl.Cl. The molecule has 0 bridgehead atoms. The molecule has 0 saturated carbocycles. The highest BCUT2D eigenvalue weighted by atomic mass is 35.5. The molecule has 0 spiro atoms. The summed E-state index contributed by atoms with van der Waals surface area (Å²) in [5.41, 5.74) is 1.53. The number of likely N-dealkylation sites (N-methyl/N-ethyl adjacent to an activating group) is 1. The summed E-state index contributed by atoms with van der Waals surface area (Å²) in [5, 5.41) is 8.66. The van der Waals surface area contributed by atoms with Crippen molar-refractivity contribution < 1.29 is 4.79 Å². The van der Waals surface area contributed by atoms with Crippen molar-refractivity contribution in [3.8, 4) is 10.6 Å². The lowest BCUT2D eigenvalue weighted by Gasteiger charge is -2.03. The molecule has 0 aliphatic rings. The van der Waals surface area contributed by atoms with Crippen molar-refractivity contribution in [1.29, 1.82) is 0 Å². The molecule has 0 aliphatic carbocycles.